The van der Waals surface area contributed by atoms with Crippen molar-refractivity contribution >= 4 is 16.8 Å². The molecule has 0 unspecified atom stereocenters. The van der Waals surface area contributed by atoms with Gasteiger partial charge in [0.15, 0.2) is 5.78 Å². The van der Waals surface area contributed by atoms with E-state index in [2.05, 4.69) is 0 Å². The topological polar surface area (TPSA) is 65.7 Å². The minimum absolute atomic E-state index is 0.0664. The first-order chi connectivity index (χ1) is 16.2. The summed E-state index contributed by atoms with van der Waals surface area (Å²) in [5.41, 5.74) is -0.134. The van der Waals surface area contributed by atoms with E-state index in [1.54, 1.807) is 42.5 Å². The average molecular weight is 434 g/mol. The fourth-order valence-electron chi connectivity index (χ4n) is 3.45. The molecule has 5 heteroatoms. The van der Waals surface area contributed by atoms with E-state index in [-0.39, 0.29) is 11.1 Å². The number of ether oxygens (including phenoxy) is 2. The number of benzene rings is 4. The van der Waals surface area contributed by atoms with Gasteiger partial charge in [-0.15, -0.1) is 0 Å². The molecule has 5 aromatic rings. The standard InChI is InChI=1S/C28H18O5/c29-27(19-10-4-1-5-11-19)24-18-23-25(32-21-14-8-3-9-15-21)16-22(17-26(23)33-28(24)30)31-20-12-6-2-7-13-20/h1-18H. The van der Waals surface area contributed by atoms with Crippen LogP contribution in [-0.2, 0) is 0 Å². The number of ketones is 1. The van der Waals surface area contributed by atoms with Gasteiger partial charge in [0, 0.05) is 17.7 Å². The van der Waals surface area contributed by atoms with Crippen LogP contribution in [0.5, 0.6) is 23.0 Å². The van der Waals surface area contributed by atoms with Gasteiger partial charge in [0.1, 0.15) is 34.1 Å². The molecule has 160 valence electrons. The highest BCUT2D eigenvalue weighted by Crippen LogP contribution is 2.36. The molecule has 1 heterocycles. The highest BCUT2D eigenvalue weighted by atomic mass is 16.5. The Labute approximate surface area is 189 Å². The lowest BCUT2D eigenvalue weighted by atomic mass is 10.0. The van der Waals surface area contributed by atoms with Crippen LogP contribution in [0.3, 0.4) is 0 Å². The number of rotatable bonds is 6. The number of fused-ring (bicyclic) bond motifs is 1. The molecule has 1 aromatic heterocycles. The minimum Gasteiger partial charge on any atom is -0.457 e. The summed E-state index contributed by atoms with van der Waals surface area (Å²) in [6, 6.07) is 31.9. The molecule has 5 nitrogen and oxygen atoms in total. The predicted octanol–water partition coefficient (Wildman–Crippen LogP) is 6.61. The molecule has 0 aliphatic carbocycles. The van der Waals surface area contributed by atoms with Gasteiger partial charge in [-0.05, 0) is 30.3 Å². The summed E-state index contributed by atoms with van der Waals surface area (Å²) in [6.07, 6.45) is 0. The fourth-order valence-corrected chi connectivity index (χ4v) is 3.45. The summed E-state index contributed by atoms with van der Waals surface area (Å²) < 4.78 is 17.6. The van der Waals surface area contributed by atoms with Crippen molar-refractivity contribution < 1.29 is 18.7 Å². The maximum absolute atomic E-state index is 13.0. The lowest BCUT2D eigenvalue weighted by Crippen LogP contribution is -2.14. The summed E-state index contributed by atoms with van der Waals surface area (Å²) in [5.74, 6) is 1.64. The molecule has 0 atom stereocenters. The molecule has 0 aliphatic rings. The number of carbonyl (C=O) groups excluding carboxylic acids is 1. The Morgan fingerprint density at radius 3 is 1.85 bits per heavy atom. The van der Waals surface area contributed by atoms with Crippen molar-refractivity contribution in [3.63, 3.8) is 0 Å². The second-order valence-electron chi connectivity index (χ2n) is 7.31. The molecule has 5 rings (SSSR count). The van der Waals surface area contributed by atoms with E-state index in [1.807, 2.05) is 60.7 Å². The third kappa shape index (κ3) is 4.38. The summed E-state index contributed by atoms with van der Waals surface area (Å²) >= 11 is 0. The van der Waals surface area contributed by atoms with Gasteiger partial charge in [-0.3, -0.25) is 4.79 Å². The Hall–Kier alpha value is -4.64. The van der Waals surface area contributed by atoms with Gasteiger partial charge < -0.3 is 13.9 Å². The van der Waals surface area contributed by atoms with E-state index in [9.17, 15) is 9.59 Å². The van der Waals surface area contributed by atoms with Gasteiger partial charge in [0.2, 0.25) is 0 Å². The highest BCUT2D eigenvalue weighted by Gasteiger charge is 2.19. The first kappa shape index (κ1) is 20.3. The number of para-hydroxylation sites is 2. The third-order valence-corrected chi connectivity index (χ3v) is 5.02. The predicted molar refractivity (Wildman–Crippen MR) is 125 cm³/mol. The Kier molecular flexibility index (Phi) is 5.43. The van der Waals surface area contributed by atoms with Crippen molar-refractivity contribution in [2.75, 3.05) is 0 Å². The zero-order valence-corrected chi connectivity index (χ0v) is 17.4. The summed E-state index contributed by atoms with van der Waals surface area (Å²) in [7, 11) is 0. The van der Waals surface area contributed by atoms with Crippen LogP contribution in [0.1, 0.15) is 15.9 Å². The van der Waals surface area contributed by atoms with Crippen molar-refractivity contribution in [2.45, 2.75) is 0 Å². The first-order valence-corrected chi connectivity index (χ1v) is 10.3. The van der Waals surface area contributed by atoms with Crippen LogP contribution in [0.2, 0.25) is 0 Å². The van der Waals surface area contributed by atoms with Gasteiger partial charge >= 0.3 is 5.63 Å². The van der Waals surface area contributed by atoms with E-state index in [1.165, 1.54) is 6.07 Å². The molecular weight excluding hydrogens is 416 g/mol. The SMILES string of the molecule is O=C(c1ccccc1)c1cc2c(Oc3ccccc3)cc(Oc3ccccc3)cc2oc1=O. The average Bonchev–Trinajstić information content (AvgIpc) is 2.85. The van der Waals surface area contributed by atoms with Gasteiger partial charge in [-0.25, -0.2) is 4.79 Å². The Balaban J connectivity index is 1.64. The van der Waals surface area contributed by atoms with Gasteiger partial charge in [-0.1, -0.05) is 66.7 Å². The third-order valence-electron chi connectivity index (χ3n) is 5.02. The lowest BCUT2D eigenvalue weighted by Gasteiger charge is -2.12. The number of hydrogen-bond acceptors (Lipinski definition) is 5. The van der Waals surface area contributed by atoms with Gasteiger partial charge in [0.05, 0.1) is 5.39 Å². The van der Waals surface area contributed by atoms with Crippen LogP contribution < -0.4 is 15.1 Å². The molecule has 0 fully saturated rings. The summed E-state index contributed by atoms with van der Waals surface area (Å²) in [6.45, 7) is 0. The zero-order valence-electron chi connectivity index (χ0n) is 17.4. The number of carbonyl (C=O) groups is 1. The monoisotopic (exact) mass is 434 g/mol. The minimum atomic E-state index is -0.723. The van der Waals surface area contributed by atoms with Crippen LogP contribution in [0.15, 0.2) is 118 Å². The fraction of sp³-hybridized carbons (Fsp3) is 0. The summed E-state index contributed by atoms with van der Waals surface area (Å²) in [5, 5.41) is 0.484. The van der Waals surface area contributed by atoms with Gasteiger partial charge in [0.25, 0.3) is 0 Å². The second-order valence-corrected chi connectivity index (χ2v) is 7.31. The van der Waals surface area contributed by atoms with E-state index in [0.717, 1.165) is 0 Å². The Morgan fingerprint density at radius 2 is 1.21 bits per heavy atom. The Morgan fingerprint density at radius 1 is 0.636 bits per heavy atom. The molecule has 33 heavy (non-hydrogen) atoms. The van der Waals surface area contributed by atoms with E-state index in [4.69, 9.17) is 13.9 Å². The second kappa shape index (κ2) is 8.85. The molecule has 0 aliphatic heterocycles. The molecule has 4 aromatic carbocycles. The van der Waals surface area contributed by atoms with Crippen molar-refractivity contribution in [1.29, 1.82) is 0 Å². The van der Waals surface area contributed by atoms with Gasteiger partial charge in [-0.2, -0.15) is 0 Å². The first-order valence-electron chi connectivity index (χ1n) is 10.3. The molecular formula is C28H18O5. The molecule has 0 saturated carbocycles. The molecule has 0 amide bonds. The van der Waals surface area contributed by atoms with Crippen molar-refractivity contribution in [1.82, 2.24) is 0 Å². The van der Waals surface area contributed by atoms with Crippen LogP contribution >= 0.6 is 0 Å². The Bertz CT molecular complexity index is 1470. The van der Waals surface area contributed by atoms with Crippen molar-refractivity contribution in [3.05, 3.63) is 131 Å². The molecule has 0 N–H and O–H groups in total. The largest absolute Gasteiger partial charge is 0.457 e. The van der Waals surface area contributed by atoms with Crippen LogP contribution in [0.4, 0.5) is 0 Å². The lowest BCUT2D eigenvalue weighted by molar-refractivity contribution is 0.103. The van der Waals surface area contributed by atoms with Crippen LogP contribution in [-0.4, -0.2) is 5.78 Å². The van der Waals surface area contributed by atoms with E-state index in [0.29, 0.717) is 33.9 Å². The number of hydrogen-bond donors (Lipinski definition) is 0. The van der Waals surface area contributed by atoms with Crippen LogP contribution in [0, 0.1) is 0 Å². The van der Waals surface area contributed by atoms with Crippen molar-refractivity contribution in [3.8, 4) is 23.0 Å². The molecule has 0 bridgehead atoms. The molecule has 0 radical (unpaired) electrons. The van der Waals surface area contributed by atoms with E-state index >= 15 is 0 Å². The molecule has 0 saturated heterocycles. The smallest absolute Gasteiger partial charge is 0.347 e. The maximum atomic E-state index is 13.0. The highest BCUT2D eigenvalue weighted by molar-refractivity contribution is 6.10. The quantitative estimate of drug-likeness (QED) is 0.222. The normalized spacial score (nSPS) is 10.7. The molecule has 0 spiro atoms. The van der Waals surface area contributed by atoms with E-state index < -0.39 is 11.4 Å². The van der Waals surface area contributed by atoms with Crippen molar-refractivity contribution in [2.24, 2.45) is 0 Å². The summed E-state index contributed by atoms with van der Waals surface area (Å²) in [4.78, 5) is 25.7. The maximum Gasteiger partial charge on any atom is 0.347 e. The zero-order chi connectivity index (χ0) is 22.6. The van der Waals surface area contributed by atoms with Crippen LogP contribution in [0.25, 0.3) is 11.0 Å².